The van der Waals surface area contributed by atoms with Crippen LogP contribution < -0.4 is 20.3 Å². The van der Waals surface area contributed by atoms with Gasteiger partial charge in [-0.15, -0.1) is 0 Å². The molecule has 1 aliphatic heterocycles. The van der Waals surface area contributed by atoms with E-state index in [1.54, 1.807) is 7.11 Å². The highest BCUT2D eigenvalue weighted by atomic mass is 16.5. The third kappa shape index (κ3) is 3.79. The molecule has 2 N–H and O–H groups in total. The Balaban J connectivity index is 1.63. The molecule has 3 rings (SSSR count). The number of hydrogen-bond donors (Lipinski definition) is 2. The van der Waals surface area contributed by atoms with Gasteiger partial charge in [0.2, 0.25) is 0 Å². The van der Waals surface area contributed by atoms with Crippen molar-refractivity contribution >= 4 is 23.1 Å². The molecule has 2 aromatic carbocycles. The summed E-state index contributed by atoms with van der Waals surface area (Å²) in [6.07, 6.45) is 2.50. The van der Waals surface area contributed by atoms with Gasteiger partial charge in [-0.05, 0) is 61.7 Å². The molecule has 2 aromatic rings. The fourth-order valence-electron chi connectivity index (χ4n) is 2.94. The van der Waals surface area contributed by atoms with E-state index in [0.29, 0.717) is 11.4 Å². The fourth-order valence-corrected chi connectivity index (χ4v) is 2.94. The van der Waals surface area contributed by atoms with Crippen molar-refractivity contribution in [2.75, 3.05) is 35.7 Å². The largest absolute Gasteiger partial charge is 0.495 e. The SMILES string of the molecule is COc1ccc(C)cc1NC(=O)Nc1ccc(N2CCCC2)cc1. The first-order valence-electron chi connectivity index (χ1n) is 8.23. The second-order valence-electron chi connectivity index (χ2n) is 6.02. The molecule has 126 valence electrons. The lowest BCUT2D eigenvalue weighted by Gasteiger charge is -2.18. The minimum absolute atomic E-state index is 0.284. The molecule has 1 saturated heterocycles. The predicted octanol–water partition coefficient (Wildman–Crippen LogP) is 4.25. The molecule has 5 nitrogen and oxygen atoms in total. The number of amides is 2. The van der Waals surface area contributed by atoms with Crippen molar-refractivity contribution in [3.63, 3.8) is 0 Å². The second kappa shape index (κ2) is 7.25. The highest BCUT2D eigenvalue weighted by Crippen LogP contribution is 2.26. The molecule has 0 bridgehead atoms. The lowest BCUT2D eigenvalue weighted by molar-refractivity contribution is 0.262. The van der Waals surface area contributed by atoms with Gasteiger partial charge >= 0.3 is 6.03 Å². The molecule has 0 radical (unpaired) electrons. The molecule has 0 aliphatic carbocycles. The van der Waals surface area contributed by atoms with Crippen molar-refractivity contribution in [3.05, 3.63) is 48.0 Å². The number of carbonyl (C=O) groups is 1. The number of aryl methyl sites for hydroxylation is 1. The average Bonchev–Trinajstić information content (AvgIpc) is 3.10. The first kappa shape index (κ1) is 16.2. The molecule has 0 aromatic heterocycles. The molecule has 24 heavy (non-hydrogen) atoms. The summed E-state index contributed by atoms with van der Waals surface area (Å²) < 4.78 is 5.28. The van der Waals surface area contributed by atoms with E-state index in [4.69, 9.17) is 4.74 Å². The Hall–Kier alpha value is -2.69. The highest BCUT2D eigenvalue weighted by molar-refractivity contribution is 6.00. The topological polar surface area (TPSA) is 53.6 Å². The molecular formula is C19H23N3O2. The lowest BCUT2D eigenvalue weighted by Crippen LogP contribution is -2.20. The van der Waals surface area contributed by atoms with Crippen LogP contribution in [0.3, 0.4) is 0 Å². The van der Waals surface area contributed by atoms with Crippen LogP contribution in [0.4, 0.5) is 21.9 Å². The van der Waals surface area contributed by atoms with Crippen molar-refractivity contribution in [1.82, 2.24) is 0 Å². The van der Waals surface area contributed by atoms with Gasteiger partial charge < -0.3 is 20.3 Å². The summed E-state index contributed by atoms with van der Waals surface area (Å²) in [6, 6.07) is 13.3. The van der Waals surface area contributed by atoms with E-state index in [2.05, 4.69) is 15.5 Å². The Kier molecular flexibility index (Phi) is 4.89. The summed E-state index contributed by atoms with van der Waals surface area (Å²) in [6.45, 7) is 4.19. The van der Waals surface area contributed by atoms with Gasteiger partial charge in [0.05, 0.1) is 12.8 Å². The van der Waals surface area contributed by atoms with E-state index in [-0.39, 0.29) is 6.03 Å². The van der Waals surface area contributed by atoms with Crippen LogP contribution in [0.25, 0.3) is 0 Å². The van der Waals surface area contributed by atoms with Crippen LogP contribution in [0.1, 0.15) is 18.4 Å². The molecule has 0 saturated carbocycles. The van der Waals surface area contributed by atoms with E-state index in [1.807, 2.05) is 49.4 Å². The van der Waals surface area contributed by atoms with Crippen molar-refractivity contribution in [1.29, 1.82) is 0 Å². The molecule has 2 amide bonds. The monoisotopic (exact) mass is 325 g/mol. The van der Waals surface area contributed by atoms with E-state index in [1.165, 1.54) is 18.5 Å². The zero-order chi connectivity index (χ0) is 16.9. The summed E-state index contributed by atoms with van der Waals surface area (Å²) in [5.41, 5.74) is 3.69. The van der Waals surface area contributed by atoms with Crippen LogP contribution in [-0.4, -0.2) is 26.2 Å². The van der Waals surface area contributed by atoms with Crippen LogP contribution in [0, 0.1) is 6.92 Å². The maximum atomic E-state index is 12.2. The minimum Gasteiger partial charge on any atom is -0.495 e. The van der Waals surface area contributed by atoms with E-state index >= 15 is 0 Å². The van der Waals surface area contributed by atoms with Crippen LogP contribution in [0.2, 0.25) is 0 Å². The summed E-state index contributed by atoms with van der Waals surface area (Å²) in [7, 11) is 1.59. The first-order valence-corrected chi connectivity index (χ1v) is 8.23. The third-order valence-electron chi connectivity index (χ3n) is 4.20. The number of nitrogens with zero attached hydrogens (tertiary/aromatic N) is 1. The quantitative estimate of drug-likeness (QED) is 0.883. The molecule has 0 atom stereocenters. The standard InChI is InChI=1S/C19H23N3O2/c1-14-5-10-18(24-2)17(13-14)21-19(23)20-15-6-8-16(9-7-15)22-11-3-4-12-22/h5-10,13H,3-4,11-12H2,1-2H3,(H2,20,21,23). The summed E-state index contributed by atoms with van der Waals surface area (Å²) in [4.78, 5) is 14.6. The summed E-state index contributed by atoms with van der Waals surface area (Å²) in [5, 5.41) is 5.69. The van der Waals surface area contributed by atoms with Crippen LogP contribution in [-0.2, 0) is 0 Å². The number of methoxy groups -OCH3 is 1. The van der Waals surface area contributed by atoms with Gasteiger partial charge in [0.1, 0.15) is 5.75 Å². The zero-order valence-corrected chi connectivity index (χ0v) is 14.1. The van der Waals surface area contributed by atoms with Crippen LogP contribution >= 0.6 is 0 Å². The molecule has 1 heterocycles. The molecule has 5 heteroatoms. The van der Waals surface area contributed by atoms with Gasteiger partial charge in [-0.2, -0.15) is 0 Å². The Morgan fingerprint density at radius 2 is 1.75 bits per heavy atom. The average molecular weight is 325 g/mol. The molecule has 0 unspecified atom stereocenters. The smallest absolute Gasteiger partial charge is 0.323 e. The van der Waals surface area contributed by atoms with Gasteiger partial charge in [0.25, 0.3) is 0 Å². The Labute approximate surface area is 142 Å². The third-order valence-corrected chi connectivity index (χ3v) is 4.20. The predicted molar refractivity (Wildman–Crippen MR) is 98.3 cm³/mol. The Morgan fingerprint density at radius 1 is 1.04 bits per heavy atom. The van der Waals surface area contributed by atoms with E-state index in [0.717, 1.165) is 24.3 Å². The van der Waals surface area contributed by atoms with Gasteiger partial charge in [-0.1, -0.05) is 6.07 Å². The number of rotatable bonds is 4. The van der Waals surface area contributed by atoms with Crippen LogP contribution in [0.5, 0.6) is 5.75 Å². The number of benzene rings is 2. The summed E-state index contributed by atoms with van der Waals surface area (Å²) >= 11 is 0. The van der Waals surface area contributed by atoms with Crippen LogP contribution in [0.15, 0.2) is 42.5 Å². The maximum absolute atomic E-state index is 12.2. The van der Waals surface area contributed by atoms with Crippen molar-refractivity contribution in [3.8, 4) is 5.75 Å². The number of carbonyl (C=O) groups excluding carboxylic acids is 1. The highest BCUT2D eigenvalue weighted by Gasteiger charge is 2.12. The molecule has 1 fully saturated rings. The maximum Gasteiger partial charge on any atom is 0.323 e. The van der Waals surface area contributed by atoms with Crippen molar-refractivity contribution in [2.24, 2.45) is 0 Å². The minimum atomic E-state index is -0.284. The van der Waals surface area contributed by atoms with Gasteiger partial charge in [-0.3, -0.25) is 0 Å². The lowest BCUT2D eigenvalue weighted by atomic mass is 10.2. The number of urea groups is 1. The van der Waals surface area contributed by atoms with E-state index in [9.17, 15) is 4.79 Å². The molecule has 1 aliphatic rings. The Bertz CT molecular complexity index is 707. The Morgan fingerprint density at radius 3 is 2.42 bits per heavy atom. The number of nitrogens with one attached hydrogen (secondary N) is 2. The van der Waals surface area contributed by atoms with Gasteiger partial charge in [-0.25, -0.2) is 4.79 Å². The zero-order valence-electron chi connectivity index (χ0n) is 14.1. The van der Waals surface area contributed by atoms with Gasteiger partial charge in [0.15, 0.2) is 0 Å². The number of hydrogen-bond acceptors (Lipinski definition) is 3. The van der Waals surface area contributed by atoms with Crippen molar-refractivity contribution in [2.45, 2.75) is 19.8 Å². The van der Waals surface area contributed by atoms with E-state index < -0.39 is 0 Å². The number of anilines is 3. The second-order valence-corrected chi connectivity index (χ2v) is 6.02. The normalized spacial score (nSPS) is 13.7. The molecule has 0 spiro atoms. The first-order chi connectivity index (χ1) is 11.7. The van der Waals surface area contributed by atoms with Crippen molar-refractivity contribution < 1.29 is 9.53 Å². The summed E-state index contributed by atoms with van der Waals surface area (Å²) in [5.74, 6) is 0.639. The molecular weight excluding hydrogens is 302 g/mol. The fraction of sp³-hybridized carbons (Fsp3) is 0.316. The van der Waals surface area contributed by atoms with Gasteiger partial charge in [0, 0.05) is 24.5 Å². The number of ether oxygens (including phenoxy) is 1.